The smallest absolute Gasteiger partial charge is 0.254 e. The number of H-pyrrole nitrogens is 1. The molecular formula is C15H21N3O3. The molecule has 0 aromatic carbocycles. The molecule has 0 spiro atoms. The van der Waals surface area contributed by atoms with E-state index in [0.717, 1.165) is 25.3 Å². The zero-order chi connectivity index (χ0) is 14.8. The number of hydrogen-bond donors (Lipinski definition) is 3. The first-order chi connectivity index (χ1) is 10.1. The van der Waals surface area contributed by atoms with Crippen molar-refractivity contribution in [3.63, 3.8) is 0 Å². The monoisotopic (exact) mass is 291 g/mol. The van der Waals surface area contributed by atoms with Crippen LogP contribution in [0, 0.1) is 5.92 Å². The summed E-state index contributed by atoms with van der Waals surface area (Å²) in [5, 5.41) is 12.9. The lowest BCUT2D eigenvalue weighted by Gasteiger charge is -2.32. The molecule has 2 aliphatic rings. The molecule has 6 heteroatoms. The van der Waals surface area contributed by atoms with Gasteiger partial charge in [-0.05, 0) is 38.1 Å². The highest BCUT2D eigenvalue weighted by Gasteiger charge is 2.26. The molecular weight excluding hydrogens is 270 g/mol. The fraction of sp³-hybridized carbons (Fsp3) is 0.600. The average Bonchev–Trinajstić information content (AvgIpc) is 3.28. The molecule has 1 aliphatic carbocycles. The summed E-state index contributed by atoms with van der Waals surface area (Å²) < 4.78 is 0. The first kappa shape index (κ1) is 14.1. The molecule has 1 saturated carbocycles. The zero-order valence-electron chi connectivity index (χ0n) is 12.0. The van der Waals surface area contributed by atoms with Crippen LogP contribution in [0.5, 0.6) is 5.88 Å². The topological polar surface area (TPSA) is 85.4 Å². The lowest BCUT2D eigenvalue weighted by Crippen LogP contribution is -2.45. The molecule has 0 unspecified atom stereocenters. The molecule has 1 saturated heterocycles. The van der Waals surface area contributed by atoms with Gasteiger partial charge in [-0.1, -0.05) is 0 Å². The number of aromatic hydroxyl groups is 1. The third kappa shape index (κ3) is 3.64. The molecule has 1 aromatic heterocycles. The maximum absolute atomic E-state index is 12.3. The Hall–Kier alpha value is -1.82. The van der Waals surface area contributed by atoms with E-state index in [1.165, 1.54) is 25.0 Å². The maximum atomic E-state index is 12.3. The maximum Gasteiger partial charge on any atom is 0.254 e. The van der Waals surface area contributed by atoms with E-state index in [1.807, 2.05) is 0 Å². The van der Waals surface area contributed by atoms with Crippen LogP contribution in [-0.4, -0.2) is 46.6 Å². The predicted octanol–water partition coefficient (Wildman–Crippen LogP) is 0.685. The van der Waals surface area contributed by atoms with Crippen LogP contribution in [0.2, 0.25) is 0 Å². The Labute approximate surface area is 123 Å². The van der Waals surface area contributed by atoms with E-state index >= 15 is 0 Å². The summed E-state index contributed by atoms with van der Waals surface area (Å²) >= 11 is 0. The van der Waals surface area contributed by atoms with Crippen molar-refractivity contribution in [3.8, 4) is 5.88 Å². The van der Waals surface area contributed by atoms with Gasteiger partial charge in [-0.15, -0.1) is 0 Å². The van der Waals surface area contributed by atoms with E-state index in [1.54, 1.807) is 4.90 Å². The third-order valence-corrected chi connectivity index (χ3v) is 4.25. The molecule has 2 heterocycles. The minimum Gasteiger partial charge on any atom is -0.494 e. The number of rotatable bonds is 4. The molecule has 3 N–H and O–H groups in total. The van der Waals surface area contributed by atoms with E-state index < -0.39 is 5.56 Å². The normalized spacial score (nSPS) is 19.7. The summed E-state index contributed by atoms with van der Waals surface area (Å²) in [6, 6.07) is 3.03. The Balaban J connectivity index is 1.55. The third-order valence-electron chi connectivity index (χ3n) is 4.25. The number of likely N-dealkylation sites (tertiary alicyclic amines) is 1. The van der Waals surface area contributed by atoms with Gasteiger partial charge in [-0.3, -0.25) is 14.6 Å². The van der Waals surface area contributed by atoms with Gasteiger partial charge in [0.25, 0.3) is 11.5 Å². The second-order valence-electron chi connectivity index (χ2n) is 6.04. The number of aromatic amines is 1. The average molecular weight is 291 g/mol. The van der Waals surface area contributed by atoms with Crippen LogP contribution in [0.3, 0.4) is 0 Å². The van der Waals surface area contributed by atoms with Crippen molar-refractivity contribution in [3.05, 3.63) is 28.0 Å². The standard InChI is InChI=1S/C15H21N3O3/c19-13-7-11(8-14(20)17-13)15(21)18-5-3-12(4-6-18)16-9-10-1-2-10/h7-8,10,12,16H,1-6,9H2,(H2,17,19,20). The number of piperidine rings is 1. The first-order valence-corrected chi connectivity index (χ1v) is 7.58. The molecule has 6 nitrogen and oxygen atoms in total. The summed E-state index contributed by atoms with van der Waals surface area (Å²) in [6.07, 6.45) is 4.56. The molecule has 114 valence electrons. The Morgan fingerprint density at radius 2 is 2.00 bits per heavy atom. The first-order valence-electron chi connectivity index (χ1n) is 7.58. The predicted molar refractivity (Wildman–Crippen MR) is 78.4 cm³/mol. The molecule has 1 aromatic rings. The Bertz CT molecular complexity index is 572. The van der Waals surface area contributed by atoms with Gasteiger partial charge in [0.2, 0.25) is 0 Å². The van der Waals surface area contributed by atoms with Crippen LogP contribution in [0.15, 0.2) is 16.9 Å². The van der Waals surface area contributed by atoms with Crippen LogP contribution in [0.25, 0.3) is 0 Å². The van der Waals surface area contributed by atoms with Crippen LogP contribution < -0.4 is 10.9 Å². The van der Waals surface area contributed by atoms with Crippen LogP contribution >= 0.6 is 0 Å². The van der Waals surface area contributed by atoms with Crippen molar-refractivity contribution >= 4 is 5.91 Å². The second kappa shape index (κ2) is 5.89. The van der Waals surface area contributed by atoms with Crippen molar-refractivity contribution < 1.29 is 9.90 Å². The Morgan fingerprint density at radius 1 is 1.29 bits per heavy atom. The molecule has 0 atom stereocenters. The van der Waals surface area contributed by atoms with Crippen LogP contribution in [0.4, 0.5) is 0 Å². The van der Waals surface area contributed by atoms with Gasteiger partial charge in [0.1, 0.15) is 0 Å². The lowest BCUT2D eigenvalue weighted by molar-refractivity contribution is 0.0704. The van der Waals surface area contributed by atoms with Crippen LogP contribution in [0.1, 0.15) is 36.0 Å². The van der Waals surface area contributed by atoms with Gasteiger partial charge < -0.3 is 15.3 Å². The van der Waals surface area contributed by atoms with Crippen molar-refractivity contribution in [2.45, 2.75) is 31.7 Å². The van der Waals surface area contributed by atoms with Crippen molar-refractivity contribution in [2.24, 2.45) is 5.92 Å². The zero-order valence-corrected chi connectivity index (χ0v) is 12.0. The summed E-state index contributed by atoms with van der Waals surface area (Å²) in [5.41, 5.74) is -0.208. The fourth-order valence-electron chi connectivity index (χ4n) is 2.78. The highest BCUT2D eigenvalue weighted by molar-refractivity contribution is 5.94. The number of nitrogens with one attached hydrogen (secondary N) is 2. The lowest BCUT2D eigenvalue weighted by atomic mass is 10.0. The molecule has 21 heavy (non-hydrogen) atoms. The number of nitrogens with zero attached hydrogens (tertiary/aromatic N) is 1. The van der Waals surface area contributed by atoms with Gasteiger partial charge in [-0.2, -0.15) is 0 Å². The van der Waals surface area contributed by atoms with Crippen LogP contribution in [-0.2, 0) is 0 Å². The van der Waals surface area contributed by atoms with Crippen molar-refractivity contribution in [1.29, 1.82) is 0 Å². The minimum absolute atomic E-state index is 0.183. The number of amides is 1. The van der Waals surface area contributed by atoms with E-state index in [-0.39, 0.29) is 17.4 Å². The van der Waals surface area contributed by atoms with Gasteiger partial charge in [0.15, 0.2) is 5.88 Å². The highest BCUT2D eigenvalue weighted by atomic mass is 16.3. The van der Waals surface area contributed by atoms with E-state index in [0.29, 0.717) is 19.1 Å². The quantitative estimate of drug-likeness (QED) is 0.761. The summed E-state index contributed by atoms with van der Waals surface area (Å²) in [6.45, 7) is 2.48. The largest absolute Gasteiger partial charge is 0.494 e. The van der Waals surface area contributed by atoms with Crippen molar-refractivity contribution in [2.75, 3.05) is 19.6 Å². The number of pyridine rings is 1. The molecule has 1 amide bonds. The molecule has 3 rings (SSSR count). The van der Waals surface area contributed by atoms with Gasteiger partial charge in [0.05, 0.1) is 5.56 Å². The molecule has 2 fully saturated rings. The minimum atomic E-state index is -0.459. The number of aromatic nitrogens is 1. The van der Waals surface area contributed by atoms with Gasteiger partial charge >= 0.3 is 0 Å². The molecule has 1 aliphatic heterocycles. The summed E-state index contributed by atoms with van der Waals surface area (Å²) in [7, 11) is 0. The number of carbonyl (C=O) groups is 1. The fourth-order valence-corrected chi connectivity index (χ4v) is 2.78. The van der Waals surface area contributed by atoms with E-state index in [4.69, 9.17) is 0 Å². The van der Waals surface area contributed by atoms with Gasteiger partial charge in [-0.25, -0.2) is 0 Å². The number of hydrogen-bond acceptors (Lipinski definition) is 4. The Morgan fingerprint density at radius 3 is 2.62 bits per heavy atom. The molecule has 0 bridgehead atoms. The Kier molecular flexibility index (Phi) is 3.96. The second-order valence-corrected chi connectivity index (χ2v) is 6.04. The molecule has 0 radical (unpaired) electrons. The number of carbonyl (C=O) groups excluding carboxylic acids is 1. The summed E-state index contributed by atoms with van der Waals surface area (Å²) in [5.74, 6) is 0.410. The van der Waals surface area contributed by atoms with E-state index in [9.17, 15) is 14.7 Å². The van der Waals surface area contributed by atoms with Crippen molar-refractivity contribution in [1.82, 2.24) is 15.2 Å². The van der Waals surface area contributed by atoms with E-state index in [2.05, 4.69) is 10.3 Å². The van der Waals surface area contributed by atoms with Gasteiger partial charge in [0, 0.05) is 31.3 Å². The highest BCUT2D eigenvalue weighted by Crippen LogP contribution is 2.28. The SMILES string of the molecule is O=C(c1cc(O)[nH]c(=O)c1)N1CCC(NCC2CC2)CC1. The summed E-state index contributed by atoms with van der Waals surface area (Å²) in [4.78, 5) is 27.6.